The molecule has 2 rings (SSSR count). The van der Waals surface area contributed by atoms with Crippen LogP contribution in [0.2, 0.25) is 5.02 Å². The number of hydrogen-bond acceptors (Lipinski definition) is 3. The lowest BCUT2D eigenvalue weighted by atomic mass is 10.1. The molecule has 0 aliphatic carbocycles. The Morgan fingerprint density at radius 1 is 1.36 bits per heavy atom. The Morgan fingerprint density at radius 2 is 2.21 bits per heavy atom. The molecule has 0 spiro atoms. The number of hydrogen-bond donors (Lipinski definition) is 1. The first-order valence-corrected chi connectivity index (χ1v) is 4.40. The van der Waals surface area contributed by atoms with E-state index >= 15 is 0 Å². The Kier molecular flexibility index (Phi) is 2.33. The van der Waals surface area contributed by atoms with Gasteiger partial charge in [-0.25, -0.2) is 0 Å². The third-order valence-corrected chi connectivity index (χ3v) is 2.09. The maximum Gasteiger partial charge on any atom is 0.0734 e. The monoisotopic (exact) mass is 206 g/mol. The number of nitrogens with zero attached hydrogens (tertiary/aromatic N) is 2. The van der Waals surface area contributed by atoms with E-state index in [-0.39, 0.29) is 0 Å². The molecule has 4 heteroatoms. The van der Waals surface area contributed by atoms with Crippen LogP contribution in [0.4, 0.5) is 0 Å². The number of pyridine rings is 1. The largest absolute Gasteiger partial charge is 0.411 e. The van der Waals surface area contributed by atoms with Gasteiger partial charge in [0.1, 0.15) is 0 Å². The third-order valence-electron chi connectivity index (χ3n) is 1.88. The molecule has 0 fully saturated rings. The smallest absolute Gasteiger partial charge is 0.0734 e. The van der Waals surface area contributed by atoms with Gasteiger partial charge in [0, 0.05) is 11.6 Å². The lowest BCUT2D eigenvalue weighted by molar-refractivity contribution is 0.322. The summed E-state index contributed by atoms with van der Waals surface area (Å²) in [7, 11) is 0. The van der Waals surface area contributed by atoms with Gasteiger partial charge in [0.2, 0.25) is 0 Å². The number of aromatic nitrogens is 1. The van der Waals surface area contributed by atoms with E-state index in [1.807, 2.05) is 24.3 Å². The molecule has 14 heavy (non-hydrogen) atoms. The van der Waals surface area contributed by atoms with E-state index in [0.717, 1.165) is 16.5 Å². The van der Waals surface area contributed by atoms with Crippen LogP contribution in [0.25, 0.3) is 10.9 Å². The van der Waals surface area contributed by atoms with Gasteiger partial charge >= 0.3 is 0 Å². The highest BCUT2D eigenvalue weighted by Crippen LogP contribution is 2.17. The minimum atomic E-state index is 0.593. The van der Waals surface area contributed by atoms with Crippen molar-refractivity contribution >= 4 is 28.7 Å². The van der Waals surface area contributed by atoms with E-state index in [1.165, 1.54) is 6.21 Å². The minimum Gasteiger partial charge on any atom is -0.411 e. The minimum absolute atomic E-state index is 0.593. The number of rotatable bonds is 1. The zero-order chi connectivity index (χ0) is 9.97. The zero-order valence-electron chi connectivity index (χ0n) is 7.18. The molecule has 0 saturated carbocycles. The first-order chi connectivity index (χ1) is 6.79. The zero-order valence-corrected chi connectivity index (χ0v) is 7.94. The number of fused-ring (bicyclic) bond motifs is 1. The SMILES string of the molecule is O/N=C/c1ccc2ncc(Cl)cc2c1. The lowest BCUT2D eigenvalue weighted by Gasteiger charge is -1.98. The summed E-state index contributed by atoms with van der Waals surface area (Å²) in [5.74, 6) is 0. The van der Waals surface area contributed by atoms with E-state index in [0.29, 0.717) is 5.02 Å². The highest BCUT2D eigenvalue weighted by atomic mass is 35.5. The molecule has 1 aromatic carbocycles. The highest BCUT2D eigenvalue weighted by Gasteiger charge is 1.97. The van der Waals surface area contributed by atoms with Gasteiger partial charge in [0.05, 0.1) is 16.8 Å². The molecule has 0 saturated heterocycles. The number of halogens is 1. The average Bonchev–Trinajstić information content (AvgIpc) is 2.17. The highest BCUT2D eigenvalue weighted by molar-refractivity contribution is 6.31. The van der Waals surface area contributed by atoms with Gasteiger partial charge in [-0.05, 0) is 23.8 Å². The second-order valence-corrected chi connectivity index (χ2v) is 3.29. The fraction of sp³-hybridized carbons (Fsp3) is 0. The fourth-order valence-electron chi connectivity index (χ4n) is 1.27. The Labute approximate surface area is 85.6 Å². The number of benzene rings is 1. The molecule has 0 radical (unpaired) electrons. The van der Waals surface area contributed by atoms with Crippen molar-refractivity contribution < 1.29 is 5.21 Å². The molecule has 1 N–H and O–H groups in total. The summed E-state index contributed by atoms with van der Waals surface area (Å²) in [5.41, 5.74) is 1.67. The molecule has 70 valence electrons. The normalized spacial score (nSPS) is 11.2. The molecule has 0 amide bonds. The van der Waals surface area contributed by atoms with Gasteiger partial charge in [0.15, 0.2) is 0 Å². The van der Waals surface area contributed by atoms with Crippen LogP contribution in [-0.4, -0.2) is 16.4 Å². The Bertz CT molecular complexity index is 496. The second kappa shape index (κ2) is 3.64. The van der Waals surface area contributed by atoms with E-state index in [1.54, 1.807) is 6.20 Å². The molecule has 0 bridgehead atoms. The van der Waals surface area contributed by atoms with Crippen molar-refractivity contribution in [1.29, 1.82) is 0 Å². The van der Waals surface area contributed by atoms with E-state index in [4.69, 9.17) is 16.8 Å². The molecule has 0 atom stereocenters. The summed E-state index contributed by atoms with van der Waals surface area (Å²) in [6.45, 7) is 0. The standard InChI is InChI=1S/C10H7ClN2O/c11-9-4-8-3-7(5-13-14)1-2-10(8)12-6-9/h1-6,14H/b13-5+. The van der Waals surface area contributed by atoms with Crippen LogP contribution in [0, 0.1) is 0 Å². The summed E-state index contributed by atoms with van der Waals surface area (Å²) in [4.78, 5) is 4.14. The van der Waals surface area contributed by atoms with Crippen molar-refractivity contribution in [1.82, 2.24) is 4.98 Å². The summed E-state index contributed by atoms with van der Waals surface area (Å²) >= 11 is 5.80. The first kappa shape index (κ1) is 8.97. The molecule has 1 aromatic heterocycles. The maximum atomic E-state index is 8.37. The molecular weight excluding hydrogens is 200 g/mol. The average molecular weight is 207 g/mol. The summed E-state index contributed by atoms with van der Waals surface area (Å²) in [5, 5.41) is 12.8. The van der Waals surface area contributed by atoms with Crippen LogP contribution < -0.4 is 0 Å². The van der Waals surface area contributed by atoms with Crippen molar-refractivity contribution in [2.75, 3.05) is 0 Å². The molecule has 2 aromatic rings. The summed E-state index contributed by atoms with van der Waals surface area (Å²) < 4.78 is 0. The quantitative estimate of drug-likeness (QED) is 0.443. The van der Waals surface area contributed by atoms with Crippen molar-refractivity contribution in [3.63, 3.8) is 0 Å². The van der Waals surface area contributed by atoms with Crippen molar-refractivity contribution in [3.8, 4) is 0 Å². The van der Waals surface area contributed by atoms with Gasteiger partial charge in [0.25, 0.3) is 0 Å². The van der Waals surface area contributed by atoms with Gasteiger partial charge < -0.3 is 5.21 Å². The predicted molar refractivity (Wildman–Crippen MR) is 56.1 cm³/mol. The van der Waals surface area contributed by atoms with Gasteiger partial charge in [-0.3, -0.25) is 4.98 Å². The first-order valence-electron chi connectivity index (χ1n) is 4.02. The Hall–Kier alpha value is -1.61. The fourth-order valence-corrected chi connectivity index (χ4v) is 1.44. The third kappa shape index (κ3) is 1.67. The van der Waals surface area contributed by atoms with Crippen LogP contribution >= 0.6 is 11.6 Å². The van der Waals surface area contributed by atoms with Gasteiger partial charge in [-0.2, -0.15) is 0 Å². The topological polar surface area (TPSA) is 45.5 Å². The van der Waals surface area contributed by atoms with Crippen LogP contribution in [0.15, 0.2) is 35.6 Å². The summed E-state index contributed by atoms with van der Waals surface area (Å²) in [6, 6.07) is 7.35. The predicted octanol–water partition coefficient (Wildman–Crippen LogP) is 2.70. The van der Waals surface area contributed by atoms with E-state index in [9.17, 15) is 0 Å². The molecular formula is C10H7ClN2O. The molecule has 3 nitrogen and oxygen atoms in total. The summed E-state index contributed by atoms with van der Waals surface area (Å²) in [6.07, 6.45) is 2.96. The molecule has 0 aliphatic rings. The van der Waals surface area contributed by atoms with Crippen LogP contribution in [0.1, 0.15) is 5.56 Å². The number of oxime groups is 1. The maximum absolute atomic E-state index is 8.37. The van der Waals surface area contributed by atoms with Crippen LogP contribution in [-0.2, 0) is 0 Å². The molecule has 0 aliphatic heterocycles. The van der Waals surface area contributed by atoms with E-state index in [2.05, 4.69) is 10.1 Å². The van der Waals surface area contributed by atoms with Crippen molar-refractivity contribution in [3.05, 3.63) is 41.0 Å². The Balaban J connectivity index is 2.63. The molecule has 1 heterocycles. The lowest BCUT2D eigenvalue weighted by Crippen LogP contribution is -1.83. The van der Waals surface area contributed by atoms with Gasteiger partial charge in [-0.1, -0.05) is 22.8 Å². The van der Waals surface area contributed by atoms with Gasteiger partial charge in [-0.15, -0.1) is 0 Å². The molecule has 0 unspecified atom stereocenters. The Morgan fingerprint density at radius 3 is 3.00 bits per heavy atom. The van der Waals surface area contributed by atoms with Crippen LogP contribution in [0.3, 0.4) is 0 Å². The van der Waals surface area contributed by atoms with Crippen LogP contribution in [0.5, 0.6) is 0 Å². The second-order valence-electron chi connectivity index (χ2n) is 2.85. The van der Waals surface area contributed by atoms with E-state index < -0.39 is 0 Å². The van der Waals surface area contributed by atoms with Crippen molar-refractivity contribution in [2.45, 2.75) is 0 Å². The van der Waals surface area contributed by atoms with Crippen molar-refractivity contribution in [2.24, 2.45) is 5.16 Å².